The highest BCUT2D eigenvalue weighted by molar-refractivity contribution is 5.76. The summed E-state index contributed by atoms with van der Waals surface area (Å²) in [5.74, 6) is 3.31. The monoisotopic (exact) mass is 338 g/mol. The van der Waals surface area contributed by atoms with Gasteiger partial charge in [-0.1, -0.05) is 6.42 Å². The summed E-state index contributed by atoms with van der Waals surface area (Å²) in [5.41, 5.74) is 0.655. The summed E-state index contributed by atoms with van der Waals surface area (Å²) in [4.78, 5) is 21.4. The van der Waals surface area contributed by atoms with Crippen LogP contribution in [0.5, 0.6) is 0 Å². The summed E-state index contributed by atoms with van der Waals surface area (Å²) in [6, 6.07) is 5.76. The fourth-order valence-electron chi connectivity index (χ4n) is 4.84. The lowest BCUT2D eigenvalue weighted by Gasteiger charge is -2.33. The number of anilines is 1. The van der Waals surface area contributed by atoms with E-state index in [2.05, 4.69) is 20.9 Å². The van der Waals surface area contributed by atoms with Crippen molar-refractivity contribution in [2.45, 2.75) is 38.5 Å². The third-order valence-corrected chi connectivity index (χ3v) is 6.36. The average Bonchev–Trinajstić information content (AvgIpc) is 3.24. The number of carbonyl (C=O) groups excluding carboxylic acids is 1. The van der Waals surface area contributed by atoms with Crippen molar-refractivity contribution in [1.82, 2.24) is 9.88 Å². The van der Waals surface area contributed by atoms with E-state index in [-0.39, 0.29) is 0 Å². The molecule has 0 radical (unpaired) electrons. The van der Waals surface area contributed by atoms with Gasteiger partial charge in [-0.3, -0.25) is 4.79 Å². The lowest BCUT2D eigenvalue weighted by Crippen LogP contribution is -2.37. The molecule has 25 heavy (non-hydrogen) atoms. The standard InChI is InChI=1S/C20H26N4O/c21-12-16-4-7-22-19(10-16)23-8-5-15(6-9-23)11-20(25)24-13-17-2-1-3-18(17)14-24/h4,7,10,15,17-18H,1-3,5-6,8-9,11,13-14H2. The van der Waals surface area contributed by atoms with Crippen LogP contribution in [-0.2, 0) is 4.79 Å². The van der Waals surface area contributed by atoms with Gasteiger partial charge in [-0.25, -0.2) is 4.98 Å². The Morgan fingerprint density at radius 3 is 2.60 bits per heavy atom. The molecule has 1 aliphatic carbocycles. The molecular formula is C20H26N4O. The number of pyridine rings is 1. The number of piperidine rings is 1. The Morgan fingerprint density at radius 1 is 1.20 bits per heavy atom. The number of rotatable bonds is 3. The van der Waals surface area contributed by atoms with Crippen LogP contribution in [-0.4, -0.2) is 42.0 Å². The van der Waals surface area contributed by atoms with E-state index in [1.54, 1.807) is 12.3 Å². The molecule has 1 aromatic heterocycles. The van der Waals surface area contributed by atoms with E-state index in [0.29, 0.717) is 23.8 Å². The first kappa shape index (κ1) is 16.4. The lowest BCUT2D eigenvalue weighted by atomic mass is 9.93. The van der Waals surface area contributed by atoms with Crippen molar-refractivity contribution in [2.75, 3.05) is 31.1 Å². The van der Waals surface area contributed by atoms with Gasteiger partial charge in [0, 0.05) is 38.8 Å². The van der Waals surface area contributed by atoms with E-state index in [1.807, 2.05) is 6.07 Å². The minimum absolute atomic E-state index is 0.373. The number of aromatic nitrogens is 1. The van der Waals surface area contributed by atoms with Crippen molar-refractivity contribution in [2.24, 2.45) is 17.8 Å². The van der Waals surface area contributed by atoms with E-state index in [1.165, 1.54) is 19.3 Å². The maximum atomic E-state index is 12.6. The largest absolute Gasteiger partial charge is 0.357 e. The van der Waals surface area contributed by atoms with Crippen LogP contribution in [0.1, 0.15) is 44.1 Å². The summed E-state index contributed by atoms with van der Waals surface area (Å²) in [7, 11) is 0. The Bertz CT molecular complexity index is 663. The van der Waals surface area contributed by atoms with E-state index in [0.717, 1.165) is 56.7 Å². The van der Waals surface area contributed by atoms with Gasteiger partial charge in [0.25, 0.3) is 0 Å². The molecule has 1 aromatic rings. The molecule has 2 unspecified atom stereocenters. The molecule has 5 heteroatoms. The highest BCUT2D eigenvalue weighted by Crippen LogP contribution is 2.38. The molecule has 2 aliphatic heterocycles. The third kappa shape index (κ3) is 3.49. The summed E-state index contributed by atoms with van der Waals surface area (Å²) in [6.45, 7) is 3.86. The van der Waals surface area contributed by atoms with Crippen LogP contribution in [0.4, 0.5) is 5.82 Å². The van der Waals surface area contributed by atoms with Gasteiger partial charge in [0.15, 0.2) is 0 Å². The predicted octanol–water partition coefficient (Wildman–Crippen LogP) is 2.82. The van der Waals surface area contributed by atoms with Gasteiger partial charge in [0.05, 0.1) is 11.6 Å². The second-order valence-corrected chi connectivity index (χ2v) is 7.90. The number of carbonyl (C=O) groups is 1. The topological polar surface area (TPSA) is 60.2 Å². The molecule has 4 rings (SSSR count). The molecule has 0 spiro atoms. The minimum Gasteiger partial charge on any atom is -0.357 e. The normalized spacial score (nSPS) is 26.5. The zero-order chi connectivity index (χ0) is 17.2. The molecule has 1 saturated carbocycles. The van der Waals surface area contributed by atoms with Gasteiger partial charge in [-0.2, -0.15) is 5.26 Å². The van der Waals surface area contributed by atoms with Gasteiger partial charge in [0.1, 0.15) is 5.82 Å². The SMILES string of the molecule is N#Cc1ccnc(N2CCC(CC(=O)N3CC4CCCC4C3)CC2)c1. The maximum Gasteiger partial charge on any atom is 0.222 e. The molecule has 5 nitrogen and oxygen atoms in total. The number of nitrogens with zero attached hydrogens (tertiary/aromatic N) is 4. The van der Waals surface area contributed by atoms with Gasteiger partial charge in [0.2, 0.25) is 5.91 Å². The Balaban J connectivity index is 1.27. The van der Waals surface area contributed by atoms with Gasteiger partial charge in [-0.05, 0) is 55.6 Å². The number of nitriles is 1. The van der Waals surface area contributed by atoms with Crippen molar-refractivity contribution in [3.8, 4) is 6.07 Å². The number of hydrogen-bond donors (Lipinski definition) is 0. The van der Waals surface area contributed by atoms with Gasteiger partial charge < -0.3 is 9.80 Å². The highest BCUT2D eigenvalue weighted by atomic mass is 16.2. The molecule has 3 aliphatic rings. The molecule has 3 heterocycles. The van der Waals surface area contributed by atoms with Crippen molar-refractivity contribution >= 4 is 11.7 Å². The fourth-order valence-corrected chi connectivity index (χ4v) is 4.84. The molecule has 0 N–H and O–H groups in total. The fraction of sp³-hybridized carbons (Fsp3) is 0.650. The number of hydrogen-bond acceptors (Lipinski definition) is 4. The molecule has 2 saturated heterocycles. The molecule has 1 amide bonds. The second kappa shape index (κ2) is 7.03. The van der Waals surface area contributed by atoms with Crippen LogP contribution in [0, 0.1) is 29.1 Å². The summed E-state index contributed by atoms with van der Waals surface area (Å²) in [6.07, 6.45) is 8.47. The maximum absolute atomic E-state index is 12.6. The van der Waals surface area contributed by atoms with Gasteiger partial charge in [-0.15, -0.1) is 0 Å². The Kier molecular flexibility index (Phi) is 4.61. The van der Waals surface area contributed by atoms with E-state index in [9.17, 15) is 4.79 Å². The highest BCUT2D eigenvalue weighted by Gasteiger charge is 2.38. The van der Waals surface area contributed by atoms with Crippen LogP contribution in [0.3, 0.4) is 0 Å². The van der Waals surface area contributed by atoms with Crippen LogP contribution in [0.25, 0.3) is 0 Å². The summed E-state index contributed by atoms with van der Waals surface area (Å²) >= 11 is 0. The quantitative estimate of drug-likeness (QED) is 0.850. The number of amides is 1. The average molecular weight is 338 g/mol. The molecule has 0 aromatic carbocycles. The van der Waals surface area contributed by atoms with E-state index in [4.69, 9.17) is 5.26 Å². The Hall–Kier alpha value is -2.09. The van der Waals surface area contributed by atoms with E-state index < -0.39 is 0 Å². The third-order valence-electron chi connectivity index (χ3n) is 6.36. The van der Waals surface area contributed by atoms with Crippen LogP contribution in [0.2, 0.25) is 0 Å². The van der Waals surface area contributed by atoms with E-state index >= 15 is 0 Å². The van der Waals surface area contributed by atoms with Gasteiger partial charge >= 0.3 is 0 Å². The van der Waals surface area contributed by atoms with Crippen molar-refractivity contribution in [1.29, 1.82) is 5.26 Å². The Labute approximate surface area is 149 Å². The minimum atomic E-state index is 0.373. The first-order chi connectivity index (χ1) is 12.2. The summed E-state index contributed by atoms with van der Waals surface area (Å²) in [5, 5.41) is 9.03. The molecular weight excluding hydrogens is 312 g/mol. The van der Waals surface area contributed by atoms with Crippen LogP contribution >= 0.6 is 0 Å². The number of fused-ring (bicyclic) bond motifs is 1. The molecule has 0 bridgehead atoms. The predicted molar refractivity (Wildman–Crippen MR) is 95.9 cm³/mol. The van der Waals surface area contributed by atoms with Crippen molar-refractivity contribution in [3.05, 3.63) is 23.9 Å². The van der Waals surface area contributed by atoms with Crippen molar-refractivity contribution < 1.29 is 4.79 Å². The second-order valence-electron chi connectivity index (χ2n) is 7.90. The first-order valence-electron chi connectivity index (χ1n) is 9.62. The molecule has 2 atom stereocenters. The lowest BCUT2D eigenvalue weighted by molar-refractivity contribution is -0.131. The smallest absolute Gasteiger partial charge is 0.222 e. The van der Waals surface area contributed by atoms with Crippen LogP contribution < -0.4 is 4.90 Å². The number of likely N-dealkylation sites (tertiary alicyclic amines) is 1. The molecule has 132 valence electrons. The molecule has 3 fully saturated rings. The van der Waals surface area contributed by atoms with Crippen molar-refractivity contribution in [3.63, 3.8) is 0 Å². The first-order valence-corrected chi connectivity index (χ1v) is 9.62. The van der Waals surface area contributed by atoms with Crippen LogP contribution in [0.15, 0.2) is 18.3 Å². The zero-order valence-electron chi connectivity index (χ0n) is 14.7. The summed E-state index contributed by atoms with van der Waals surface area (Å²) < 4.78 is 0. The zero-order valence-corrected chi connectivity index (χ0v) is 14.7. The Morgan fingerprint density at radius 2 is 1.92 bits per heavy atom.